The highest BCUT2D eigenvalue weighted by Gasteiger charge is 2.31. The van der Waals surface area contributed by atoms with E-state index < -0.39 is 23.6 Å². The van der Waals surface area contributed by atoms with Crippen molar-refractivity contribution in [3.05, 3.63) is 75.6 Å². The molecule has 0 radical (unpaired) electrons. The van der Waals surface area contributed by atoms with Gasteiger partial charge in [-0.05, 0) is 46.1 Å². The van der Waals surface area contributed by atoms with E-state index in [1.54, 1.807) is 38.1 Å². The average Bonchev–Trinajstić information content (AvgIpc) is 3.17. The summed E-state index contributed by atoms with van der Waals surface area (Å²) in [5.74, 6) is -1.23. The Hall–Kier alpha value is -3.21. The quantitative estimate of drug-likeness (QED) is 0.529. The van der Waals surface area contributed by atoms with Gasteiger partial charge in [-0.15, -0.1) is 0 Å². The SMILES string of the molecule is CC(C)c1c(C(=O)NNC(=O)c2ccccc2Br)cnn1-c1ccc(C(F)(F)F)cn1. The van der Waals surface area contributed by atoms with Gasteiger partial charge in [0.15, 0.2) is 5.82 Å². The van der Waals surface area contributed by atoms with Gasteiger partial charge in [-0.3, -0.25) is 20.4 Å². The Balaban J connectivity index is 1.82. The standard InChI is InChI=1S/C20H17BrF3N5O2/c1-11(2)17-14(19(31)28-27-18(30)13-5-3-4-6-15(13)21)10-26-29(17)16-8-7-12(9-25-16)20(22,23)24/h3-11H,1-2H3,(H,27,30)(H,28,31). The zero-order valence-electron chi connectivity index (χ0n) is 16.4. The molecule has 0 aliphatic heterocycles. The molecule has 2 aromatic heterocycles. The monoisotopic (exact) mass is 495 g/mol. The molecule has 162 valence electrons. The Bertz CT molecular complexity index is 1110. The number of benzene rings is 1. The molecular formula is C20H17BrF3N5O2. The highest BCUT2D eigenvalue weighted by atomic mass is 79.9. The topological polar surface area (TPSA) is 88.9 Å². The van der Waals surface area contributed by atoms with Crippen LogP contribution in [-0.2, 0) is 6.18 Å². The molecule has 0 aliphatic rings. The summed E-state index contributed by atoms with van der Waals surface area (Å²) in [6.07, 6.45) is -2.53. The number of hydrazine groups is 1. The lowest BCUT2D eigenvalue weighted by molar-refractivity contribution is -0.137. The largest absolute Gasteiger partial charge is 0.417 e. The molecule has 0 saturated heterocycles. The third kappa shape index (κ3) is 4.93. The predicted octanol–water partition coefficient (Wildman–Crippen LogP) is 4.25. The van der Waals surface area contributed by atoms with E-state index in [1.807, 2.05) is 0 Å². The van der Waals surface area contributed by atoms with Crippen LogP contribution in [-0.4, -0.2) is 26.6 Å². The molecule has 2 N–H and O–H groups in total. The minimum Gasteiger partial charge on any atom is -0.267 e. The Morgan fingerprint density at radius 3 is 2.19 bits per heavy atom. The Kier molecular flexibility index (Phi) is 6.44. The number of carbonyl (C=O) groups is 2. The number of nitrogens with zero attached hydrogens (tertiary/aromatic N) is 3. The van der Waals surface area contributed by atoms with Crippen LogP contribution in [0.1, 0.15) is 51.7 Å². The smallest absolute Gasteiger partial charge is 0.267 e. The highest BCUT2D eigenvalue weighted by Crippen LogP contribution is 2.29. The van der Waals surface area contributed by atoms with Crippen molar-refractivity contribution in [3.8, 4) is 5.82 Å². The van der Waals surface area contributed by atoms with Crippen molar-refractivity contribution < 1.29 is 22.8 Å². The second-order valence-corrected chi connectivity index (χ2v) is 7.66. The molecule has 2 amide bonds. The van der Waals surface area contributed by atoms with Crippen LogP contribution in [0.4, 0.5) is 13.2 Å². The molecule has 0 saturated carbocycles. The van der Waals surface area contributed by atoms with Gasteiger partial charge in [-0.25, -0.2) is 9.67 Å². The van der Waals surface area contributed by atoms with Crippen molar-refractivity contribution in [1.82, 2.24) is 25.6 Å². The molecule has 0 spiro atoms. The molecule has 0 unspecified atom stereocenters. The molecule has 1 aromatic carbocycles. The maximum absolute atomic E-state index is 12.8. The first-order valence-corrected chi connectivity index (χ1v) is 9.85. The molecule has 2 heterocycles. The van der Waals surface area contributed by atoms with Crippen molar-refractivity contribution in [2.75, 3.05) is 0 Å². The summed E-state index contributed by atoms with van der Waals surface area (Å²) >= 11 is 3.26. The van der Waals surface area contributed by atoms with Crippen LogP contribution in [0.2, 0.25) is 0 Å². The number of hydrogen-bond acceptors (Lipinski definition) is 4. The van der Waals surface area contributed by atoms with Gasteiger partial charge in [-0.2, -0.15) is 18.3 Å². The van der Waals surface area contributed by atoms with Gasteiger partial charge in [0.2, 0.25) is 0 Å². The third-order valence-electron chi connectivity index (χ3n) is 4.30. The van der Waals surface area contributed by atoms with E-state index in [4.69, 9.17) is 0 Å². The van der Waals surface area contributed by atoms with Crippen molar-refractivity contribution in [2.24, 2.45) is 0 Å². The highest BCUT2D eigenvalue weighted by molar-refractivity contribution is 9.10. The summed E-state index contributed by atoms with van der Waals surface area (Å²) in [6.45, 7) is 3.60. The molecule has 11 heteroatoms. The van der Waals surface area contributed by atoms with Gasteiger partial charge in [0.1, 0.15) is 0 Å². The van der Waals surface area contributed by atoms with Crippen molar-refractivity contribution in [2.45, 2.75) is 25.9 Å². The van der Waals surface area contributed by atoms with Crippen LogP contribution in [0.3, 0.4) is 0 Å². The Morgan fingerprint density at radius 1 is 1.00 bits per heavy atom. The van der Waals surface area contributed by atoms with Gasteiger partial charge < -0.3 is 0 Å². The first kappa shape index (κ1) is 22.5. The fraction of sp³-hybridized carbons (Fsp3) is 0.200. The number of aromatic nitrogens is 3. The van der Waals surface area contributed by atoms with E-state index in [1.165, 1.54) is 16.9 Å². The van der Waals surface area contributed by atoms with Crippen LogP contribution in [0, 0.1) is 0 Å². The predicted molar refractivity (Wildman–Crippen MR) is 110 cm³/mol. The minimum atomic E-state index is -4.51. The molecule has 3 aromatic rings. The molecule has 0 fully saturated rings. The normalized spacial score (nSPS) is 11.5. The van der Waals surface area contributed by atoms with E-state index in [-0.39, 0.29) is 17.3 Å². The Morgan fingerprint density at radius 2 is 1.65 bits per heavy atom. The van der Waals surface area contributed by atoms with Crippen LogP contribution in [0.15, 0.2) is 53.3 Å². The number of rotatable bonds is 4. The summed E-state index contributed by atoms with van der Waals surface area (Å²) in [5.41, 5.74) is 4.69. The van der Waals surface area contributed by atoms with E-state index in [9.17, 15) is 22.8 Å². The third-order valence-corrected chi connectivity index (χ3v) is 4.99. The lowest BCUT2D eigenvalue weighted by Crippen LogP contribution is -2.42. The second-order valence-electron chi connectivity index (χ2n) is 6.80. The van der Waals surface area contributed by atoms with Gasteiger partial charge in [0, 0.05) is 10.7 Å². The van der Waals surface area contributed by atoms with E-state index in [0.29, 0.717) is 21.9 Å². The summed E-state index contributed by atoms with van der Waals surface area (Å²) < 4.78 is 40.2. The fourth-order valence-corrected chi connectivity index (χ4v) is 3.31. The number of amides is 2. The van der Waals surface area contributed by atoms with E-state index >= 15 is 0 Å². The van der Waals surface area contributed by atoms with Gasteiger partial charge in [-0.1, -0.05) is 26.0 Å². The molecule has 7 nitrogen and oxygen atoms in total. The number of hydrogen-bond donors (Lipinski definition) is 2. The summed E-state index contributed by atoms with van der Waals surface area (Å²) in [5, 5.41) is 4.11. The number of nitrogens with one attached hydrogen (secondary N) is 2. The van der Waals surface area contributed by atoms with Crippen molar-refractivity contribution in [1.29, 1.82) is 0 Å². The van der Waals surface area contributed by atoms with Crippen LogP contribution in [0.25, 0.3) is 5.82 Å². The average molecular weight is 496 g/mol. The molecule has 31 heavy (non-hydrogen) atoms. The molecule has 0 aliphatic carbocycles. The van der Waals surface area contributed by atoms with Crippen LogP contribution >= 0.6 is 15.9 Å². The van der Waals surface area contributed by atoms with Crippen LogP contribution < -0.4 is 10.9 Å². The molecule has 0 atom stereocenters. The number of pyridine rings is 1. The van der Waals surface area contributed by atoms with E-state index in [2.05, 4.69) is 36.9 Å². The number of halogens is 4. The first-order chi connectivity index (χ1) is 14.6. The van der Waals surface area contributed by atoms with Crippen LogP contribution in [0.5, 0.6) is 0 Å². The maximum Gasteiger partial charge on any atom is 0.417 e. The van der Waals surface area contributed by atoms with Gasteiger partial charge in [0.25, 0.3) is 11.8 Å². The number of alkyl halides is 3. The second kappa shape index (κ2) is 8.88. The zero-order valence-corrected chi connectivity index (χ0v) is 18.0. The fourth-order valence-electron chi connectivity index (χ4n) is 2.84. The van der Waals surface area contributed by atoms with Crippen molar-refractivity contribution >= 4 is 27.7 Å². The molecule has 0 bridgehead atoms. The minimum absolute atomic E-state index is 0.132. The van der Waals surface area contributed by atoms with Gasteiger partial charge >= 0.3 is 6.18 Å². The Labute approximate surface area is 183 Å². The lowest BCUT2D eigenvalue weighted by atomic mass is 10.1. The zero-order chi connectivity index (χ0) is 22.8. The maximum atomic E-state index is 12.8. The van der Waals surface area contributed by atoms with Gasteiger partial charge in [0.05, 0.1) is 28.6 Å². The summed E-state index contributed by atoms with van der Waals surface area (Å²) in [4.78, 5) is 28.8. The van der Waals surface area contributed by atoms with Crippen molar-refractivity contribution in [3.63, 3.8) is 0 Å². The summed E-state index contributed by atoms with van der Waals surface area (Å²) in [7, 11) is 0. The molecule has 3 rings (SSSR count). The summed E-state index contributed by atoms with van der Waals surface area (Å²) in [6, 6.07) is 8.77. The number of carbonyl (C=O) groups excluding carboxylic acids is 2. The first-order valence-electron chi connectivity index (χ1n) is 9.06. The van der Waals surface area contributed by atoms with E-state index in [0.717, 1.165) is 6.07 Å². The molecular weight excluding hydrogens is 479 g/mol. The lowest BCUT2D eigenvalue weighted by Gasteiger charge is -2.13.